The van der Waals surface area contributed by atoms with Crippen LogP contribution in [0.15, 0.2) is 44.9 Å². The Morgan fingerprint density at radius 1 is 1.16 bits per heavy atom. The lowest BCUT2D eigenvalue weighted by Gasteiger charge is -2.13. The molecule has 13 heteroatoms. The molecule has 0 aliphatic rings. The van der Waals surface area contributed by atoms with Crippen LogP contribution in [0.2, 0.25) is 0 Å². The number of aromatic nitrogens is 4. The average Bonchev–Trinajstić information content (AvgIpc) is 2.70. The fraction of sp³-hybridized carbons (Fsp3) is 0.111. The van der Waals surface area contributed by atoms with E-state index in [-0.39, 0.29) is 27.8 Å². The Hall–Kier alpha value is -3.71. The second-order valence-electron chi connectivity index (χ2n) is 6.50. The number of H-pyrrole nitrogens is 1. The normalized spacial score (nSPS) is 11.9. The molecule has 3 aromatic heterocycles. The highest BCUT2D eigenvalue weighted by molar-refractivity contribution is 7.89. The van der Waals surface area contributed by atoms with Crippen molar-refractivity contribution >= 4 is 32.0 Å². The lowest BCUT2D eigenvalue weighted by molar-refractivity contribution is 0.399. The molecule has 0 bridgehead atoms. The maximum absolute atomic E-state index is 14.6. The van der Waals surface area contributed by atoms with Gasteiger partial charge in [0.25, 0.3) is 5.56 Å². The number of ether oxygens (including phenoxy) is 1. The van der Waals surface area contributed by atoms with Gasteiger partial charge in [0.05, 0.1) is 29.5 Å². The molecule has 160 valence electrons. The van der Waals surface area contributed by atoms with Crippen molar-refractivity contribution in [3.63, 3.8) is 0 Å². The van der Waals surface area contributed by atoms with E-state index in [0.717, 1.165) is 4.57 Å². The van der Waals surface area contributed by atoms with Gasteiger partial charge in [-0.15, -0.1) is 0 Å². The van der Waals surface area contributed by atoms with Crippen LogP contribution in [0.25, 0.3) is 21.9 Å². The van der Waals surface area contributed by atoms with Crippen molar-refractivity contribution in [2.75, 3.05) is 7.11 Å². The maximum atomic E-state index is 14.6. The Labute approximate surface area is 172 Å². The van der Waals surface area contributed by atoms with E-state index in [1.807, 2.05) is 0 Å². The number of rotatable bonds is 4. The van der Waals surface area contributed by atoms with Crippen molar-refractivity contribution in [2.24, 2.45) is 5.14 Å². The van der Waals surface area contributed by atoms with Gasteiger partial charge >= 0.3 is 5.69 Å². The summed E-state index contributed by atoms with van der Waals surface area (Å²) in [6, 6.07) is 4.09. The quantitative estimate of drug-likeness (QED) is 0.434. The van der Waals surface area contributed by atoms with Crippen molar-refractivity contribution in [3.05, 3.63) is 68.5 Å². The zero-order valence-corrected chi connectivity index (χ0v) is 16.5. The number of methoxy groups -OCH3 is 1. The highest BCUT2D eigenvalue weighted by atomic mass is 32.2. The third-order valence-electron chi connectivity index (χ3n) is 4.62. The SMILES string of the molecule is COc1ccc2c(ncc3c(=O)[nH]c(=O)n(Cc4c(F)cc(S(N)(=O)=O)cc4F)c32)n1. The van der Waals surface area contributed by atoms with Crippen LogP contribution in [0.1, 0.15) is 5.56 Å². The first-order valence-electron chi connectivity index (χ1n) is 8.57. The van der Waals surface area contributed by atoms with Crippen molar-refractivity contribution in [3.8, 4) is 5.88 Å². The standard InChI is InChI=1S/C18H13F2N5O5S/c1-30-14-3-2-9-15-10(6-22-16(9)23-14)17(26)24-18(27)25(15)7-11-12(19)4-8(5-13(11)20)31(21,28)29/h2-6H,7H2,1H3,(H2,21,28,29)(H,24,26,27). The van der Waals surface area contributed by atoms with Gasteiger partial charge in [0.1, 0.15) is 11.6 Å². The van der Waals surface area contributed by atoms with Gasteiger partial charge in [-0.05, 0) is 18.2 Å². The van der Waals surface area contributed by atoms with Crippen LogP contribution in [0.3, 0.4) is 0 Å². The summed E-state index contributed by atoms with van der Waals surface area (Å²) in [5.41, 5.74) is -2.10. The van der Waals surface area contributed by atoms with Crippen molar-refractivity contribution in [1.82, 2.24) is 19.5 Å². The second-order valence-corrected chi connectivity index (χ2v) is 8.06. The molecule has 0 spiro atoms. The van der Waals surface area contributed by atoms with Gasteiger partial charge in [0, 0.05) is 23.2 Å². The lowest BCUT2D eigenvalue weighted by Crippen LogP contribution is -2.31. The molecule has 31 heavy (non-hydrogen) atoms. The summed E-state index contributed by atoms with van der Waals surface area (Å²) in [4.78, 5) is 34.4. The summed E-state index contributed by atoms with van der Waals surface area (Å²) in [7, 11) is -2.95. The van der Waals surface area contributed by atoms with E-state index in [4.69, 9.17) is 9.88 Å². The molecule has 0 amide bonds. The molecule has 3 heterocycles. The van der Waals surface area contributed by atoms with Gasteiger partial charge in [0.15, 0.2) is 5.65 Å². The third-order valence-corrected chi connectivity index (χ3v) is 5.52. The molecule has 0 aliphatic heterocycles. The molecule has 0 atom stereocenters. The number of sulfonamides is 1. The summed E-state index contributed by atoms with van der Waals surface area (Å²) in [5, 5.41) is 5.17. The molecular formula is C18H13F2N5O5S. The number of aromatic amines is 1. The number of hydrogen-bond donors (Lipinski definition) is 2. The van der Waals surface area contributed by atoms with Crippen LogP contribution in [0, 0.1) is 11.6 Å². The molecule has 4 aromatic rings. The first kappa shape index (κ1) is 20.6. The fourth-order valence-electron chi connectivity index (χ4n) is 3.15. The minimum absolute atomic E-state index is 0.0129. The predicted molar refractivity (Wildman–Crippen MR) is 105 cm³/mol. The lowest BCUT2D eigenvalue weighted by atomic mass is 10.1. The number of fused-ring (bicyclic) bond motifs is 3. The van der Waals surface area contributed by atoms with Crippen LogP contribution in [0.4, 0.5) is 8.78 Å². The first-order valence-corrected chi connectivity index (χ1v) is 10.1. The Morgan fingerprint density at radius 2 is 1.84 bits per heavy atom. The topological polar surface area (TPSA) is 150 Å². The Morgan fingerprint density at radius 3 is 2.45 bits per heavy atom. The number of primary sulfonamides is 1. The summed E-state index contributed by atoms with van der Waals surface area (Å²) in [6.45, 7) is -0.653. The van der Waals surface area contributed by atoms with Gasteiger partial charge in [-0.1, -0.05) is 0 Å². The van der Waals surface area contributed by atoms with Crippen LogP contribution in [-0.2, 0) is 16.6 Å². The van der Waals surface area contributed by atoms with Crippen LogP contribution >= 0.6 is 0 Å². The third kappa shape index (κ3) is 3.53. The molecule has 0 aliphatic carbocycles. The molecule has 10 nitrogen and oxygen atoms in total. The van der Waals surface area contributed by atoms with Crippen molar-refractivity contribution < 1.29 is 21.9 Å². The van der Waals surface area contributed by atoms with Crippen molar-refractivity contribution in [1.29, 1.82) is 0 Å². The van der Waals surface area contributed by atoms with Gasteiger partial charge in [-0.3, -0.25) is 14.3 Å². The Balaban J connectivity index is 2.02. The number of nitrogens with two attached hydrogens (primary N) is 1. The second kappa shape index (κ2) is 7.21. The number of hydrogen-bond acceptors (Lipinski definition) is 7. The van der Waals surface area contributed by atoms with E-state index in [9.17, 15) is 26.8 Å². The van der Waals surface area contributed by atoms with E-state index < -0.39 is 49.9 Å². The molecule has 0 saturated heterocycles. The number of halogens is 2. The number of pyridine rings is 2. The fourth-order valence-corrected chi connectivity index (χ4v) is 3.69. The monoisotopic (exact) mass is 449 g/mol. The van der Waals surface area contributed by atoms with E-state index in [0.29, 0.717) is 12.1 Å². The summed E-state index contributed by atoms with van der Waals surface area (Å²) in [6.07, 6.45) is 1.18. The summed E-state index contributed by atoms with van der Waals surface area (Å²) in [5.74, 6) is -2.23. The zero-order chi connectivity index (χ0) is 22.5. The van der Waals surface area contributed by atoms with E-state index in [1.165, 1.54) is 25.4 Å². The molecule has 3 N–H and O–H groups in total. The van der Waals surface area contributed by atoms with Gasteiger partial charge in [-0.2, -0.15) is 4.98 Å². The molecule has 0 fully saturated rings. The highest BCUT2D eigenvalue weighted by Gasteiger charge is 2.20. The highest BCUT2D eigenvalue weighted by Crippen LogP contribution is 2.24. The maximum Gasteiger partial charge on any atom is 0.329 e. The number of benzene rings is 1. The Kier molecular flexibility index (Phi) is 4.78. The first-order chi connectivity index (χ1) is 14.6. The smallest absolute Gasteiger partial charge is 0.329 e. The minimum atomic E-state index is -4.35. The van der Waals surface area contributed by atoms with Crippen molar-refractivity contribution in [2.45, 2.75) is 11.4 Å². The zero-order valence-electron chi connectivity index (χ0n) is 15.7. The van der Waals surface area contributed by atoms with Gasteiger partial charge in [0.2, 0.25) is 15.9 Å². The van der Waals surface area contributed by atoms with E-state index >= 15 is 0 Å². The summed E-state index contributed by atoms with van der Waals surface area (Å²) < 4.78 is 57.9. The predicted octanol–water partition coefficient (Wildman–Crippen LogP) is 0.616. The molecule has 1 aromatic carbocycles. The molecule has 0 saturated carbocycles. The van der Waals surface area contributed by atoms with E-state index in [2.05, 4.69) is 15.0 Å². The van der Waals surface area contributed by atoms with Crippen LogP contribution in [0.5, 0.6) is 5.88 Å². The summed E-state index contributed by atoms with van der Waals surface area (Å²) >= 11 is 0. The molecule has 4 rings (SSSR count). The Bertz CT molecular complexity index is 1570. The van der Waals surface area contributed by atoms with Gasteiger partial charge in [-0.25, -0.2) is 32.1 Å². The number of nitrogens with zero attached hydrogens (tertiary/aromatic N) is 3. The molecular weight excluding hydrogens is 436 g/mol. The average molecular weight is 449 g/mol. The van der Waals surface area contributed by atoms with Crippen LogP contribution < -0.4 is 21.1 Å². The van der Waals surface area contributed by atoms with Gasteiger partial charge < -0.3 is 4.74 Å². The number of nitrogens with one attached hydrogen (secondary N) is 1. The van der Waals surface area contributed by atoms with Crippen LogP contribution in [-0.4, -0.2) is 35.0 Å². The molecule has 0 radical (unpaired) electrons. The molecule has 0 unspecified atom stereocenters. The largest absolute Gasteiger partial charge is 0.481 e. The van der Waals surface area contributed by atoms with E-state index in [1.54, 1.807) is 0 Å². The minimum Gasteiger partial charge on any atom is -0.481 e.